The average Bonchev–Trinajstić information content (AvgIpc) is 2.75. The van der Waals surface area contributed by atoms with Crippen LogP contribution >= 0.6 is 23.2 Å². The van der Waals surface area contributed by atoms with Gasteiger partial charge in [-0.1, -0.05) is 71.7 Å². The normalized spacial score (nSPS) is 17.7. The van der Waals surface area contributed by atoms with E-state index in [1.807, 2.05) is 60.7 Å². The maximum atomic E-state index is 13.6. The van der Waals surface area contributed by atoms with E-state index in [4.69, 9.17) is 32.9 Å². The number of carbonyl (C=O) groups excluding carboxylic acids is 1. The second kappa shape index (κ2) is 7.07. The molecule has 2 heterocycles. The first-order chi connectivity index (χ1) is 14.1. The quantitative estimate of drug-likeness (QED) is 0.516. The Morgan fingerprint density at radius 2 is 1.66 bits per heavy atom. The molecular weight excluding hydrogens is 407 g/mol. The first-order valence-electron chi connectivity index (χ1n) is 9.02. The molecule has 0 fully saturated rings. The van der Waals surface area contributed by atoms with E-state index < -0.39 is 6.17 Å². The predicted octanol–water partition coefficient (Wildman–Crippen LogP) is 5.91. The molecule has 1 amide bonds. The van der Waals surface area contributed by atoms with Crippen LogP contribution in [0.5, 0.6) is 5.75 Å². The van der Waals surface area contributed by atoms with Gasteiger partial charge in [-0.25, -0.2) is 4.99 Å². The van der Waals surface area contributed by atoms with Crippen molar-refractivity contribution in [3.8, 4) is 5.75 Å². The third kappa shape index (κ3) is 3.11. The van der Waals surface area contributed by atoms with Crippen LogP contribution < -0.4 is 9.64 Å². The molecule has 0 saturated heterocycles. The number of hydrogen-bond acceptors (Lipinski definition) is 3. The van der Waals surface area contributed by atoms with Gasteiger partial charge in [0.25, 0.3) is 5.91 Å². The maximum absolute atomic E-state index is 13.6. The molecule has 0 spiro atoms. The van der Waals surface area contributed by atoms with Crippen LogP contribution in [-0.4, -0.2) is 11.8 Å². The van der Waals surface area contributed by atoms with Crippen molar-refractivity contribution in [3.63, 3.8) is 0 Å². The van der Waals surface area contributed by atoms with Crippen LogP contribution in [0.3, 0.4) is 0 Å². The molecule has 1 atom stereocenters. The molecular formula is C23H14Cl2N2O2. The van der Waals surface area contributed by atoms with E-state index in [1.54, 1.807) is 23.1 Å². The standard InChI is InChI=1S/C23H14Cl2N2O2/c24-18-11-10-16(13-19(18)25)27-21(14-6-2-1-3-7-14)26-22-17(23(27)28)12-15-8-4-5-9-20(15)29-22/h1-13,21H/t21-/m1/s1. The van der Waals surface area contributed by atoms with E-state index in [9.17, 15) is 4.79 Å². The van der Waals surface area contributed by atoms with Crippen LogP contribution in [0.25, 0.3) is 6.08 Å². The van der Waals surface area contributed by atoms with Crippen molar-refractivity contribution in [2.24, 2.45) is 4.99 Å². The summed E-state index contributed by atoms with van der Waals surface area (Å²) in [5.41, 5.74) is 2.71. The molecule has 142 valence electrons. The molecule has 0 bridgehead atoms. The molecule has 0 radical (unpaired) electrons. The second-order valence-corrected chi connectivity index (χ2v) is 7.50. The number of rotatable bonds is 2. The van der Waals surface area contributed by atoms with Gasteiger partial charge in [-0.2, -0.15) is 0 Å². The monoisotopic (exact) mass is 420 g/mol. The van der Waals surface area contributed by atoms with Crippen LogP contribution in [0.2, 0.25) is 10.0 Å². The third-order valence-electron chi connectivity index (χ3n) is 4.87. The van der Waals surface area contributed by atoms with Crippen LogP contribution in [0.1, 0.15) is 17.3 Å². The number of nitrogens with zero attached hydrogens (tertiary/aromatic N) is 2. The molecule has 0 N–H and O–H groups in total. The Morgan fingerprint density at radius 1 is 0.897 bits per heavy atom. The zero-order valence-electron chi connectivity index (χ0n) is 15.0. The highest BCUT2D eigenvalue weighted by Gasteiger charge is 2.38. The fourth-order valence-electron chi connectivity index (χ4n) is 3.47. The average molecular weight is 421 g/mol. The summed E-state index contributed by atoms with van der Waals surface area (Å²) >= 11 is 12.3. The molecule has 29 heavy (non-hydrogen) atoms. The summed E-state index contributed by atoms with van der Waals surface area (Å²) in [6.45, 7) is 0. The summed E-state index contributed by atoms with van der Waals surface area (Å²) in [5.74, 6) is 0.785. The lowest BCUT2D eigenvalue weighted by atomic mass is 10.0. The summed E-state index contributed by atoms with van der Waals surface area (Å²) in [4.78, 5) is 20.0. The number of amides is 1. The molecule has 4 nitrogen and oxygen atoms in total. The van der Waals surface area contributed by atoms with Crippen molar-refractivity contribution in [2.45, 2.75) is 6.17 Å². The molecule has 3 aromatic rings. The Morgan fingerprint density at radius 3 is 2.45 bits per heavy atom. The third-order valence-corrected chi connectivity index (χ3v) is 5.61. The minimum atomic E-state index is -0.585. The van der Waals surface area contributed by atoms with Gasteiger partial charge in [-0.3, -0.25) is 9.69 Å². The number of anilines is 1. The van der Waals surface area contributed by atoms with E-state index in [0.717, 1.165) is 11.1 Å². The molecule has 0 aliphatic carbocycles. The highest BCUT2D eigenvalue weighted by molar-refractivity contribution is 6.42. The second-order valence-electron chi connectivity index (χ2n) is 6.69. The Balaban J connectivity index is 1.69. The van der Waals surface area contributed by atoms with Gasteiger partial charge in [-0.15, -0.1) is 0 Å². The Labute approximate surface area is 177 Å². The number of hydrogen-bond donors (Lipinski definition) is 0. The number of ether oxygens (including phenoxy) is 1. The van der Waals surface area contributed by atoms with Crippen molar-refractivity contribution < 1.29 is 9.53 Å². The number of benzene rings is 3. The van der Waals surface area contributed by atoms with Gasteiger partial charge in [0.05, 0.1) is 10.0 Å². The van der Waals surface area contributed by atoms with Crippen LogP contribution in [0, 0.1) is 0 Å². The lowest BCUT2D eigenvalue weighted by Gasteiger charge is -2.35. The Hall–Kier alpha value is -3.08. The van der Waals surface area contributed by atoms with Gasteiger partial charge < -0.3 is 4.74 Å². The van der Waals surface area contributed by atoms with Gasteiger partial charge in [0.15, 0.2) is 6.17 Å². The Bertz CT molecular complexity index is 1190. The van der Waals surface area contributed by atoms with Gasteiger partial charge in [-0.05, 0) is 35.9 Å². The Kier molecular flexibility index (Phi) is 4.38. The predicted molar refractivity (Wildman–Crippen MR) is 116 cm³/mol. The lowest BCUT2D eigenvalue weighted by Crippen LogP contribution is -2.43. The molecule has 2 aliphatic rings. The molecule has 0 aromatic heterocycles. The zero-order chi connectivity index (χ0) is 20.0. The fraction of sp³-hybridized carbons (Fsp3) is 0.0435. The van der Waals surface area contributed by atoms with Crippen molar-refractivity contribution in [1.82, 2.24) is 0 Å². The minimum Gasteiger partial charge on any atom is -0.438 e. The van der Waals surface area contributed by atoms with E-state index in [-0.39, 0.29) is 5.91 Å². The summed E-state index contributed by atoms with van der Waals surface area (Å²) in [7, 11) is 0. The highest BCUT2D eigenvalue weighted by atomic mass is 35.5. The van der Waals surface area contributed by atoms with Crippen molar-refractivity contribution >= 4 is 46.8 Å². The largest absolute Gasteiger partial charge is 0.438 e. The number of halogens is 2. The van der Waals surface area contributed by atoms with E-state index in [1.165, 1.54) is 0 Å². The summed E-state index contributed by atoms with van der Waals surface area (Å²) in [6, 6.07) is 22.3. The van der Waals surface area contributed by atoms with Crippen molar-refractivity contribution in [2.75, 3.05) is 4.90 Å². The number of para-hydroxylation sites is 1. The van der Waals surface area contributed by atoms with Crippen molar-refractivity contribution in [3.05, 3.63) is 99.5 Å². The number of aliphatic imine (C=N–C) groups is 1. The minimum absolute atomic E-state index is 0.211. The topological polar surface area (TPSA) is 41.9 Å². The molecule has 2 aliphatic heterocycles. The molecule has 6 heteroatoms. The summed E-state index contributed by atoms with van der Waals surface area (Å²) < 4.78 is 5.97. The molecule has 0 unspecified atom stereocenters. The zero-order valence-corrected chi connectivity index (χ0v) is 16.6. The molecule has 3 aromatic carbocycles. The highest BCUT2D eigenvalue weighted by Crippen LogP contribution is 2.39. The van der Waals surface area contributed by atoms with Gasteiger partial charge in [0.1, 0.15) is 11.3 Å². The van der Waals surface area contributed by atoms with Gasteiger partial charge in [0.2, 0.25) is 5.90 Å². The SMILES string of the molecule is O=C1C2=Cc3ccccc3OC2=N[C@@H](c2ccccc2)N1c1ccc(Cl)c(Cl)c1. The molecule has 0 saturated carbocycles. The van der Waals surface area contributed by atoms with Crippen LogP contribution in [0.15, 0.2) is 83.4 Å². The smallest absolute Gasteiger partial charge is 0.265 e. The van der Waals surface area contributed by atoms with Crippen LogP contribution in [0.4, 0.5) is 5.69 Å². The first-order valence-corrected chi connectivity index (χ1v) is 9.78. The summed E-state index contributed by atoms with van der Waals surface area (Å²) in [6.07, 6.45) is 1.23. The summed E-state index contributed by atoms with van der Waals surface area (Å²) in [5, 5.41) is 0.798. The van der Waals surface area contributed by atoms with Crippen molar-refractivity contribution in [1.29, 1.82) is 0 Å². The van der Waals surface area contributed by atoms with E-state index in [2.05, 4.69) is 0 Å². The maximum Gasteiger partial charge on any atom is 0.265 e. The molecule has 5 rings (SSSR count). The van der Waals surface area contributed by atoms with E-state index >= 15 is 0 Å². The van der Waals surface area contributed by atoms with E-state index in [0.29, 0.717) is 33.0 Å². The van der Waals surface area contributed by atoms with Gasteiger partial charge >= 0.3 is 0 Å². The number of carbonyl (C=O) groups is 1. The van der Waals surface area contributed by atoms with Crippen LogP contribution in [-0.2, 0) is 4.79 Å². The fourth-order valence-corrected chi connectivity index (χ4v) is 3.76. The lowest BCUT2D eigenvalue weighted by molar-refractivity contribution is -0.115. The van der Waals surface area contributed by atoms with Gasteiger partial charge in [0, 0.05) is 11.3 Å². The number of fused-ring (bicyclic) bond motifs is 2. The first kappa shape index (κ1) is 18.0.